The SMILES string of the molecule is CC(CO)CNC[C@@H]1CCC(N)[C@@H](OC2C(O)C(O[C@H]3OCC(C)(O)[C@H](C)C3O)[C@H](NC(=N)C(O)CF)C[C@@H]2N)O1. The van der Waals surface area contributed by atoms with Gasteiger partial charge < -0.3 is 66.6 Å². The highest BCUT2D eigenvalue weighted by molar-refractivity contribution is 5.83. The molecule has 0 amide bonds. The van der Waals surface area contributed by atoms with Gasteiger partial charge in [0.15, 0.2) is 12.6 Å². The Bertz CT molecular complexity index is 832. The van der Waals surface area contributed by atoms with E-state index in [2.05, 4.69) is 10.6 Å². The molecule has 2 saturated heterocycles. The molecule has 8 unspecified atom stereocenters. The summed E-state index contributed by atoms with van der Waals surface area (Å²) >= 11 is 0. The molecule has 3 rings (SSSR count). The van der Waals surface area contributed by atoms with Gasteiger partial charge in [0, 0.05) is 25.1 Å². The lowest BCUT2D eigenvalue weighted by Gasteiger charge is -2.49. The van der Waals surface area contributed by atoms with Crippen LogP contribution in [-0.4, -0.2) is 137 Å². The maximum absolute atomic E-state index is 13.0. The monoisotopic (exact) mass is 595 g/mol. The highest BCUT2D eigenvalue weighted by Gasteiger charge is 2.51. The molecule has 0 bridgehead atoms. The molecule has 2 heterocycles. The number of aliphatic hydroxyl groups is 5. The summed E-state index contributed by atoms with van der Waals surface area (Å²) in [7, 11) is 0. The lowest BCUT2D eigenvalue weighted by Crippen LogP contribution is -2.68. The molecule has 12 N–H and O–H groups in total. The Kier molecular flexibility index (Phi) is 12.7. The van der Waals surface area contributed by atoms with Crippen LogP contribution in [0.2, 0.25) is 0 Å². The summed E-state index contributed by atoms with van der Waals surface area (Å²) in [5, 5.41) is 65.7. The molecule has 14 nitrogen and oxygen atoms in total. The van der Waals surface area contributed by atoms with Gasteiger partial charge in [-0.3, -0.25) is 5.41 Å². The molecular formula is C26H50FN5O9. The first-order valence-electron chi connectivity index (χ1n) is 14.4. The maximum Gasteiger partial charge on any atom is 0.184 e. The second-order valence-corrected chi connectivity index (χ2v) is 12.1. The first-order valence-corrected chi connectivity index (χ1v) is 14.4. The van der Waals surface area contributed by atoms with E-state index in [0.29, 0.717) is 25.9 Å². The van der Waals surface area contributed by atoms with Crippen molar-refractivity contribution in [2.75, 3.05) is 33.0 Å². The Balaban J connectivity index is 1.73. The number of alkyl halides is 1. The summed E-state index contributed by atoms with van der Waals surface area (Å²) in [6.45, 7) is 4.97. The minimum absolute atomic E-state index is 0.0685. The van der Waals surface area contributed by atoms with E-state index in [4.69, 9.17) is 35.8 Å². The summed E-state index contributed by atoms with van der Waals surface area (Å²) in [5.74, 6) is -1.06. The number of hydrogen-bond acceptors (Lipinski definition) is 13. The van der Waals surface area contributed by atoms with Crippen LogP contribution >= 0.6 is 0 Å². The van der Waals surface area contributed by atoms with Crippen molar-refractivity contribution in [2.45, 2.75) is 113 Å². The zero-order valence-electron chi connectivity index (χ0n) is 24.1. The van der Waals surface area contributed by atoms with Gasteiger partial charge in [-0.15, -0.1) is 0 Å². The van der Waals surface area contributed by atoms with Crippen LogP contribution in [0, 0.1) is 17.2 Å². The van der Waals surface area contributed by atoms with Crippen LogP contribution in [0.3, 0.4) is 0 Å². The van der Waals surface area contributed by atoms with Crippen molar-refractivity contribution in [1.29, 1.82) is 5.41 Å². The summed E-state index contributed by atoms with van der Waals surface area (Å²) in [5.41, 5.74) is 11.4. The molecule has 2 aliphatic heterocycles. The number of nitrogens with one attached hydrogen (secondary N) is 3. The van der Waals surface area contributed by atoms with Crippen molar-refractivity contribution in [1.82, 2.24) is 10.6 Å². The zero-order valence-corrected chi connectivity index (χ0v) is 24.1. The lowest BCUT2D eigenvalue weighted by molar-refractivity contribution is -0.313. The van der Waals surface area contributed by atoms with Crippen LogP contribution in [0.1, 0.15) is 40.0 Å². The average molecular weight is 596 g/mol. The van der Waals surface area contributed by atoms with Crippen LogP contribution in [0.5, 0.6) is 0 Å². The van der Waals surface area contributed by atoms with E-state index in [-0.39, 0.29) is 31.7 Å². The van der Waals surface area contributed by atoms with Gasteiger partial charge in [0.2, 0.25) is 0 Å². The topological polar surface area (TPSA) is 238 Å². The minimum atomic E-state index is -1.70. The van der Waals surface area contributed by atoms with Crippen LogP contribution in [0.4, 0.5) is 4.39 Å². The van der Waals surface area contributed by atoms with E-state index in [1.165, 1.54) is 6.92 Å². The van der Waals surface area contributed by atoms with E-state index >= 15 is 0 Å². The molecule has 0 aromatic rings. The van der Waals surface area contributed by atoms with E-state index in [9.17, 15) is 29.9 Å². The summed E-state index contributed by atoms with van der Waals surface area (Å²) in [6.07, 6.45) is -7.57. The number of halogens is 1. The van der Waals surface area contributed by atoms with Gasteiger partial charge in [0.05, 0.1) is 30.4 Å². The second-order valence-electron chi connectivity index (χ2n) is 12.1. The molecule has 0 aromatic carbocycles. The highest BCUT2D eigenvalue weighted by Crippen LogP contribution is 2.34. The van der Waals surface area contributed by atoms with Gasteiger partial charge >= 0.3 is 0 Å². The number of rotatable bonds is 12. The van der Waals surface area contributed by atoms with E-state index in [1.54, 1.807) is 6.92 Å². The van der Waals surface area contributed by atoms with Gasteiger partial charge in [0.1, 0.15) is 43.0 Å². The van der Waals surface area contributed by atoms with Gasteiger partial charge in [-0.1, -0.05) is 13.8 Å². The molecule has 3 aliphatic rings. The number of amidine groups is 1. The van der Waals surface area contributed by atoms with Crippen LogP contribution < -0.4 is 22.1 Å². The Labute approximate surface area is 240 Å². The average Bonchev–Trinajstić information content (AvgIpc) is 2.93. The van der Waals surface area contributed by atoms with Gasteiger partial charge in [-0.25, -0.2) is 4.39 Å². The number of nitrogens with two attached hydrogens (primary N) is 2. The van der Waals surface area contributed by atoms with Crippen LogP contribution in [0.15, 0.2) is 0 Å². The van der Waals surface area contributed by atoms with Gasteiger partial charge in [-0.2, -0.15) is 0 Å². The third-order valence-corrected chi connectivity index (χ3v) is 8.41. The quantitative estimate of drug-likeness (QED) is 0.0815. The predicted molar refractivity (Wildman–Crippen MR) is 146 cm³/mol. The van der Waals surface area contributed by atoms with E-state index < -0.39 is 85.3 Å². The predicted octanol–water partition coefficient (Wildman–Crippen LogP) is -2.73. The molecule has 41 heavy (non-hydrogen) atoms. The van der Waals surface area contributed by atoms with Gasteiger partial charge in [0.25, 0.3) is 0 Å². The van der Waals surface area contributed by atoms with Crippen molar-refractivity contribution in [2.24, 2.45) is 23.3 Å². The van der Waals surface area contributed by atoms with Crippen molar-refractivity contribution >= 4 is 5.84 Å². The number of ether oxygens (including phenoxy) is 4. The number of aliphatic hydroxyl groups excluding tert-OH is 4. The second kappa shape index (κ2) is 15.1. The standard InChI is InChI=1S/C26H50FN5O9/c1-12(10-33)8-31-9-14-4-5-15(28)24(39-14)40-21-16(29)6-17(32-23(30)18(34)7-27)22(20(21)36)41-25-19(35)13(2)26(3,37)11-38-25/h12-22,24-25,31,33-37H,4-11,28-29H2,1-3H3,(H2,30,32)/t12?,13-,14+,15?,16+,17-,18?,19?,20?,21?,22?,24-,25-,26?/m1/s1. The smallest absolute Gasteiger partial charge is 0.184 e. The van der Waals surface area contributed by atoms with Crippen molar-refractivity contribution < 1.29 is 48.9 Å². The Morgan fingerprint density at radius 3 is 2.49 bits per heavy atom. The minimum Gasteiger partial charge on any atom is -0.396 e. The molecule has 0 radical (unpaired) electrons. The fourth-order valence-electron chi connectivity index (χ4n) is 5.34. The fourth-order valence-corrected chi connectivity index (χ4v) is 5.34. The van der Waals surface area contributed by atoms with Crippen LogP contribution in [0.25, 0.3) is 0 Å². The molecule has 15 heteroatoms. The van der Waals surface area contributed by atoms with Gasteiger partial charge in [-0.05, 0) is 38.6 Å². The molecular weight excluding hydrogens is 545 g/mol. The van der Waals surface area contributed by atoms with Crippen LogP contribution in [-0.2, 0) is 18.9 Å². The molecule has 0 spiro atoms. The highest BCUT2D eigenvalue weighted by atomic mass is 19.1. The molecule has 14 atom stereocenters. The fraction of sp³-hybridized carbons (Fsp3) is 0.962. The molecule has 240 valence electrons. The zero-order chi connectivity index (χ0) is 30.5. The Morgan fingerprint density at radius 2 is 1.83 bits per heavy atom. The van der Waals surface area contributed by atoms with E-state index in [1.807, 2.05) is 6.92 Å². The summed E-state index contributed by atoms with van der Waals surface area (Å²) < 4.78 is 36.9. The van der Waals surface area contributed by atoms with Crippen molar-refractivity contribution in [3.05, 3.63) is 0 Å². The summed E-state index contributed by atoms with van der Waals surface area (Å²) in [4.78, 5) is 0. The molecule has 0 aromatic heterocycles. The first kappa shape index (κ1) is 34.4. The molecule has 3 fully saturated rings. The third kappa shape index (κ3) is 8.74. The molecule has 1 aliphatic carbocycles. The lowest BCUT2D eigenvalue weighted by atomic mass is 9.82. The largest absolute Gasteiger partial charge is 0.396 e. The Morgan fingerprint density at radius 1 is 1.15 bits per heavy atom. The molecule has 1 saturated carbocycles. The van der Waals surface area contributed by atoms with Crippen molar-refractivity contribution in [3.8, 4) is 0 Å². The maximum atomic E-state index is 13.0. The normalized spacial score (nSPS) is 43.3. The Hall–Kier alpha value is -1.08. The summed E-state index contributed by atoms with van der Waals surface area (Å²) in [6, 6.07) is -2.17. The number of hydrogen-bond donors (Lipinski definition) is 10. The van der Waals surface area contributed by atoms with E-state index in [0.717, 1.165) is 0 Å². The third-order valence-electron chi connectivity index (χ3n) is 8.41. The van der Waals surface area contributed by atoms with Crippen molar-refractivity contribution in [3.63, 3.8) is 0 Å². The first-order chi connectivity index (χ1) is 19.3.